The lowest BCUT2D eigenvalue weighted by Crippen LogP contribution is -2.39. The van der Waals surface area contributed by atoms with E-state index in [-0.39, 0.29) is 11.8 Å². The molecule has 0 spiro atoms. The van der Waals surface area contributed by atoms with Crippen molar-refractivity contribution >= 4 is 57.5 Å². The molecule has 1 aliphatic rings. The van der Waals surface area contributed by atoms with Gasteiger partial charge in [0.2, 0.25) is 11.8 Å². The first-order valence-electron chi connectivity index (χ1n) is 7.59. The molecule has 2 atom stereocenters. The third-order valence-electron chi connectivity index (χ3n) is 3.97. The van der Waals surface area contributed by atoms with E-state index in [0.717, 1.165) is 25.4 Å². The number of halogens is 1. The molecule has 0 radical (unpaired) electrons. The van der Waals surface area contributed by atoms with E-state index in [1.807, 2.05) is 49.4 Å². The minimum Gasteiger partial charge on any atom is -0.326 e. The van der Waals surface area contributed by atoms with E-state index in [0.29, 0.717) is 0 Å². The number of carbonyl (C=O) groups is 2. The summed E-state index contributed by atoms with van der Waals surface area (Å²) in [6.07, 6.45) is 0. The Hall–Kier alpha value is -1.54. The zero-order valence-electron chi connectivity index (χ0n) is 13.3. The third kappa shape index (κ3) is 3.59. The maximum atomic E-state index is 12.6. The number of rotatable bonds is 3. The van der Waals surface area contributed by atoms with Gasteiger partial charge in [0.25, 0.3) is 0 Å². The summed E-state index contributed by atoms with van der Waals surface area (Å²) >= 11 is 3.68. The van der Waals surface area contributed by atoms with E-state index in [9.17, 15) is 9.59 Å². The van der Waals surface area contributed by atoms with Gasteiger partial charge in [-0.1, -0.05) is 19.1 Å². The molecule has 0 bridgehead atoms. The molecule has 0 saturated carbocycles. The van der Waals surface area contributed by atoms with Gasteiger partial charge in [0.05, 0.1) is 16.9 Å². The predicted molar refractivity (Wildman–Crippen MR) is 106 cm³/mol. The van der Waals surface area contributed by atoms with Crippen molar-refractivity contribution < 1.29 is 9.59 Å². The fourth-order valence-corrected chi connectivity index (χ4v) is 4.36. The summed E-state index contributed by atoms with van der Waals surface area (Å²) in [6, 6.07) is 13.5. The second-order valence-corrected chi connectivity index (χ2v) is 8.19. The molecule has 24 heavy (non-hydrogen) atoms. The average Bonchev–Trinajstić information content (AvgIpc) is 2.56. The molecule has 6 heteroatoms. The van der Waals surface area contributed by atoms with Crippen LogP contribution in [0.5, 0.6) is 0 Å². The number of amides is 2. The van der Waals surface area contributed by atoms with Gasteiger partial charge >= 0.3 is 0 Å². The first-order chi connectivity index (χ1) is 11.5. The number of benzene rings is 2. The quantitative estimate of drug-likeness (QED) is 0.684. The molecule has 0 fully saturated rings. The van der Waals surface area contributed by atoms with Crippen molar-refractivity contribution in [3.05, 3.63) is 51.6 Å². The molecule has 0 aliphatic carbocycles. The number of nitrogens with one attached hydrogen (secondary N) is 2. The predicted octanol–water partition coefficient (Wildman–Crippen LogP) is 4.29. The maximum absolute atomic E-state index is 12.6. The lowest BCUT2D eigenvalue weighted by molar-refractivity contribution is -0.123. The summed E-state index contributed by atoms with van der Waals surface area (Å²) in [7, 11) is 0. The minimum absolute atomic E-state index is 0.124. The molecular weight excluding hydrogens is 435 g/mol. The first-order valence-corrected chi connectivity index (χ1v) is 9.55. The fourth-order valence-electron chi connectivity index (χ4n) is 2.55. The second kappa shape index (κ2) is 7.14. The molecule has 0 unspecified atom stereocenters. The van der Waals surface area contributed by atoms with Crippen molar-refractivity contribution in [2.24, 2.45) is 5.92 Å². The molecule has 0 saturated heterocycles. The molecule has 124 valence electrons. The number of thioether (sulfide) groups is 1. The van der Waals surface area contributed by atoms with Crippen LogP contribution >= 0.6 is 34.4 Å². The van der Waals surface area contributed by atoms with Crippen molar-refractivity contribution in [3.63, 3.8) is 0 Å². The maximum Gasteiger partial charge on any atom is 0.238 e. The number of hydrogen-bond acceptors (Lipinski definition) is 3. The number of hydrogen-bond donors (Lipinski definition) is 2. The highest BCUT2D eigenvalue weighted by Crippen LogP contribution is 2.38. The third-order valence-corrected chi connectivity index (χ3v) is 6.13. The Kier molecular flexibility index (Phi) is 5.15. The Bertz CT molecular complexity index is 809. The van der Waals surface area contributed by atoms with Crippen LogP contribution in [0.3, 0.4) is 0 Å². The average molecular weight is 452 g/mol. The summed E-state index contributed by atoms with van der Waals surface area (Å²) in [4.78, 5) is 25.9. The van der Waals surface area contributed by atoms with Gasteiger partial charge in [0, 0.05) is 14.2 Å². The number of aryl methyl sites for hydroxylation is 1. The van der Waals surface area contributed by atoms with E-state index in [1.165, 1.54) is 11.8 Å². The lowest BCUT2D eigenvalue weighted by Gasteiger charge is -2.27. The Morgan fingerprint density at radius 1 is 1.29 bits per heavy atom. The summed E-state index contributed by atoms with van der Waals surface area (Å²) in [5.74, 6) is -0.714. The Morgan fingerprint density at radius 2 is 2.04 bits per heavy atom. The van der Waals surface area contributed by atoms with Crippen LogP contribution in [0.4, 0.5) is 11.4 Å². The van der Waals surface area contributed by atoms with Gasteiger partial charge in [-0.2, -0.15) is 0 Å². The highest BCUT2D eigenvalue weighted by molar-refractivity contribution is 14.1. The molecule has 2 aromatic rings. The normalized spacial score (nSPS) is 17.6. The summed E-state index contributed by atoms with van der Waals surface area (Å²) < 4.78 is 1.12. The Morgan fingerprint density at radius 3 is 2.79 bits per heavy atom. The van der Waals surface area contributed by atoms with Gasteiger partial charge in [-0.3, -0.25) is 9.59 Å². The zero-order valence-corrected chi connectivity index (χ0v) is 16.3. The lowest BCUT2D eigenvalue weighted by atomic mass is 10.0. The van der Waals surface area contributed by atoms with Crippen LogP contribution in [0, 0.1) is 16.4 Å². The molecule has 2 N–H and O–H groups in total. The van der Waals surface area contributed by atoms with Crippen LogP contribution in [-0.4, -0.2) is 17.1 Å². The van der Waals surface area contributed by atoms with Crippen molar-refractivity contribution in [2.45, 2.75) is 24.0 Å². The summed E-state index contributed by atoms with van der Waals surface area (Å²) in [6.45, 7) is 3.75. The van der Waals surface area contributed by atoms with E-state index in [1.54, 1.807) is 6.92 Å². The molecule has 0 aromatic heterocycles. The molecule has 2 amide bonds. The molecule has 1 aliphatic heterocycles. The first kappa shape index (κ1) is 17.3. The number of para-hydroxylation sites is 1. The van der Waals surface area contributed by atoms with E-state index in [4.69, 9.17) is 0 Å². The fraction of sp³-hybridized carbons (Fsp3) is 0.222. The molecular formula is C18H17IN2O2S. The van der Waals surface area contributed by atoms with Crippen molar-refractivity contribution in [1.82, 2.24) is 0 Å². The Balaban J connectivity index is 1.75. The Labute approximate surface area is 158 Å². The van der Waals surface area contributed by atoms with Crippen molar-refractivity contribution in [1.29, 1.82) is 0 Å². The molecule has 1 heterocycles. The smallest absolute Gasteiger partial charge is 0.238 e. The van der Waals surface area contributed by atoms with Gasteiger partial charge in [0.1, 0.15) is 0 Å². The van der Waals surface area contributed by atoms with Gasteiger partial charge in [0.15, 0.2) is 0 Å². The van der Waals surface area contributed by atoms with Crippen molar-refractivity contribution in [2.75, 3.05) is 10.6 Å². The zero-order chi connectivity index (χ0) is 17.3. The van der Waals surface area contributed by atoms with Crippen LogP contribution < -0.4 is 10.6 Å². The van der Waals surface area contributed by atoms with E-state index in [2.05, 4.69) is 33.2 Å². The van der Waals surface area contributed by atoms with Crippen molar-refractivity contribution in [3.8, 4) is 0 Å². The van der Waals surface area contributed by atoms with Gasteiger partial charge in [-0.25, -0.2) is 0 Å². The minimum atomic E-state index is -0.443. The highest BCUT2D eigenvalue weighted by Gasteiger charge is 2.35. The molecule has 4 nitrogen and oxygen atoms in total. The van der Waals surface area contributed by atoms with Crippen LogP contribution in [0.25, 0.3) is 0 Å². The monoisotopic (exact) mass is 452 g/mol. The molecule has 2 aromatic carbocycles. The standard InChI is InChI=1S/C18H17IN2O2S/c1-10-9-12(19)7-8-13(10)20-17(22)11(2)16-18(23)21-14-5-3-4-6-15(14)24-16/h3-9,11,16H,1-2H3,(H,20,22)(H,21,23)/t11-,16-/m1/s1. The van der Waals surface area contributed by atoms with Gasteiger partial charge in [-0.05, 0) is 65.4 Å². The van der Waals surface area contributed by atoms with Gasteiger partial charge < -0.3 is 10.6 Å². The topological polar surface area (TPSA) is 58.2 Å². The number of fused-ring (bicyclic) bond motifs is 1. The van der Waals surface area contributed by atoms with Gasteiger partial charge in [-0.15, -0.1) is 11.8 Å². The van der Waals surface area contributed by atoms with E-state index >= 15 is 0 Å². The van der Waals surface area contributed by atoms with Crippen LogP contribution in [-0.2, 0) is 9.59 Å². The van der Waals surface area contributed by atoms with E-state index < -0.39 is 11.2 Å². The SMILES string of the molecule is Cc1cc(I)ccc1NC(=O)[C@H](C)[C@H]1Sc2ccccc2NC1=O. The molecule has 3 rings (SSSR count). The summed E-state index contributed by atoms with van der Waals surface area (Å²) in [5, 5.41) is 5.39. The van der Waals surface area contributed by atoms with Crippen LogP contribution in [0.1, 0.15) is 12.5 Å². The largest absolute Gasteiger partial charge is 0.326 e. The second-order valence-electron chi connectivity index (χ2n) is 5.76. The van der Waals surface area contributed by atoms with Crippen LogP contribution in [0.15, 0.2) is 47.4 Å². The highest BCUT2D eigenvalue weighted by atomic mass is 127. The summed E-state index contributed by atoms with van der Waals surface area (Å²) in [5.41, 5.74) is 2.60. The number of anilines is 2. The van der Waals surface area contributed by atoms with Crippen LogP contribution in [0.2, 0.25) is 0 Å². The number of carbonyl (C=O) groups excluding carboxylic acids is 2.